The molecule has 2 heterocycles. The molecule has 0 aliphatic carbocycles. The summed E-state index contributed by atoms with van der Waals surface area (Å²) in [6, 6.07) is 9.96. The predicted octanol–water partition coefficient (Wildman–Crippen LogP) is 3.49. The zero-order chi connectivity index (χ0) is 13.4. The lowest BCUT2D eigenvalue weighted by molar-refractivity contribution is 0.0983. The smallest absolute Gasteiger partial charge is 0.261 e. The number of benzene rings is 1. The predicted molar refractivity (Wildman–Crippen MR) is 74.6 cm³/mol. The molecule has 3 heteroatoms. The Balaban J connectivity index is 2.00. The Bertz CT molecular complexity index is 627. The van der Waals surface area contributed by atoms with Crippen molar-refractivity contribution >= 4 is 11.6 Å². The topological polar surface area (TPSA) is 33.5 Å². The summed E-state index contributed by atoms with van der Waals surface area (Å²) in [5, 5.41) is 0. The lowest BCUT2D eigenvalue weighted by Crippen LogP contribution is -2.35. The Labute approximate surface area is 112 Å². The van der Waals surface area contributed by atoms with E-state index in [-0.39, 0.29) is 5.91 Å². The molecule has 1 aliphatic heterocycles. The molecular weight excluding hydrogens is 238 g/mol. The average molecular weight is 255 g/mol. The molecule has 19 heavy (non-hydrogen) atoms. The first-order chi connectivity index (χ1) is 9.16. The van der Waals surface area contributed by atoms with Gasteiger partial charge in [-0.15, -0.1) is 0 Å². The number of hydrogen-bond acceptors (Lipinski definition) is 2. The van der Waals surface area contributed by atoms with Crippen LogP contribution in [0.15, 0.2) is 34.7 Å². The van der Waals surface area contributed by atoms with Gasteiger partial charge < -0.3 is 9.32 Å². The van der Waals surface area contributed by atoms with E-state index < -0.39 is 0 Å². The van der Waals surface area contributed by atoms with Crippen molar-refractivity contribution in [1.82, 2.24) is 0 Å². The van der Waals surface area contributed by atoms with Crippen LogP contribution < -0.4 is 4.90 Å². The minimum absolute atomic E-state index is 0.0431. The number of fused-ring (bicyclic) bond motifs is 1. The largest absolute Gasteiger partial charge is 0.466 e. The van der Waals surface area contributed by atoms with E-state index >= 15 is 0 Å². The molecule has 0 spiro atoms. The third kappa shape index (κ3) is 2.05. The summed E-state index contributed by atoms with van der Waals surface area (Å²) >= 11 is 0. The van der Waals surface area contributed by atoms with Gasteiger partial charge in [-0.25, -0.2) is 0 Å². The van der Waals surface area contributed by atoms with Gasteiger partial charge in [-0.3, -0.25) is 4.79 Å². The van der Waals surface area contributed by atoms with Gasteiger partial charge in [0.25, 0.3) is 5.91 Å². The second-order valence-electron chi connectivity index (χ2n) is 5.02. The van der Waals surface area contributed by atoms with Crippen LogP contribution in [0.25, 0.3) is 0 Å². The molecule has 0 atom stereocenters. The number of rotatable bonds is 1. The molecule has 1 aromatic carbocycles. The first-order valence-corrected chi connectivity index (χ1v) is 6.63. The summed E-state index contributed by atoms with van der Waals surface area (Å²) < 4.78 is 5.47. The second-order valence-corrected chi connectivity index (χ2v) is 5.02. The molecule has 0 fully saturated rings. The molecule has 2 aromatic rings. The van der Waals surface area contributed by atoms with Crippen LogP contribution in [0, 0.1) is 13.8 Å². The first-order valence-electron chi connectivity index (χ1n) is 6.63. The van der Waals surface area contributed by atoms with Crippen LogP contribution in [0.3, 0.4) is 0 Å². The Morgan fingerprint density at radius 3 is 2.79 bits per heavy atom. The van der Waals surface area contributed by atoms with Gasteiger partial charge in [-0.2, -0.15) is 0 Å². The van der Waals surface area contributed by atoms with Crippen molar-refractivity contribution in [3.05, 3.63) is 53.0 Å². The highest BCUT2D eigenvalue weighted by Gasteiger charge is 2.25. The normalized spacial score (nSPS) is 14.3. The average Bonchev–Trinajstić information content (AvgIpc) is 2.76. The Kier molecular flexibility index (Phi) is 2.90. The van der Waals surface area contributed by atoms with Crippen LogP contribution >= 0.6 is 0 Å². The lowest BCUT2D eigenvalue weighted by Gasteiger charge is -2.29. The fraction of sp³-hybridized carbons (Fsp3) is 0.312. The minimum Gasteiger partial charge on any atom is -0.466 e. The highest BCUT2D eigenvalue weighted by Crippen LogP contribution is 2.29. The zero-order valence-electron chi connectivity index (χ0n) is 11.3. The summed E-state index contributed by atoms with van der Waals surface area (Å²) in [6.45, 7) is 4.49. The Morgan fingerprint density at radius 2 is 2.05 bits per heavy atom. The molecule has 1 aromatic heterocycles. The summed E-state index contributed by atoms with van der Waals surface area (Å²) in [5.74, 6) is 1.53. The number of carbonyl (C=O) groups excluding carboxylic acids is 1. The van der Waals surface area contributed by atoms with E-state index in [0.29, 0.717) is 11.3 Å². The van der Waals surface area contributed by atoms with Gasteiger partial charge in [-0.1, -0.05) is 18.2 Å². The number of furan rings is 1. The third-order valence-electron chi connectivity index (χ3n) is 3.63. The molecule has 3 rings (SSSR count). The molecular formula is C16H17NO2. The number of carbonyl (C=O) groups is 1. The third-order valence-corrected chi connectivity index (χ3v) is 3.63. The van der Waals surface area contributed by atoms with E-state index in [1.54, 1.807) is 0 Å². The van der Waals surface area contributed by atoms with Gasteiger partial charge >= 0.3 is 0 Å². The molecule has 0 radical (unpaired) electrons. The fourth-order valence-electron chi connectivity index (χ4n) is 2.73. The van der Waals surface area contributed by atoms with E-state index in [1.807, 2.05) is 43.0 Å². The quantitative estimate of drug-likeness (QED) is 0.781. The molecule has 0 bridgehead atoms. The highest BCUT2D eigenvalue weighted by atomic mass is 16.3. The van der Waals surface area contributed by atoms with E-state index in [4.69, 9.17) is 4.42 Å². The van der Waals surface area contributed by atoms with Crippen LogP contribution in [-0.4, -0.2) is 12.5 Å². The molecule has 98 valence electrons. The number of anilines is 1. The Morgan fingerprint density at radius 1 is 1.26 bits per heavy atom. The molecule has 0 saturated carbocycles. The van der Waals surface area contributed by atoms with E-state index in [1.165, 1.54) is 5.56 Å². The molecule has 1 aliphatic rings. The van der Waals surface area contributed by atoms with E-state index in [2.05, 4.69) is 6.07 Å². The Hall–Kier alpha value is -2.03. The van der Waals surface area contributed by atoms with Gasteiger partial charge in [0, 0.05) is 12.2 Å². The number of para-hydroxylation sites is 1. The van der Waals surface area contributed by atoms with Crippen molar-refractivity contribution in [2.45, 2.75) is 26.7 Å². The first kappa shape index (κ1) is 12.0. The molecule has 0 saturated heterocycles. The SMILES string of the molecule is Cc1cc(C(=O)N2CCCc3ccccc32)c(C)o1. The number of amides is 1. The van der Waals surface area contributed by atoms with Gasteiger partial charge in [0.05, 0.1) is 5.56 Å². The van der Waals surface area contributed by atoms with Crippen molar-refractivity contribution < 1.29 is 9.21 Å². The molecule has 1 amide bonds. The lowest BCUT2D eigenvalue weighted by atomic mass is 10.0. The molecule has 3 nitrogen and oxygen atoms in total. The number of hydrogen-bond donors (Lipinski definition) is 0. The maximum Gasteiger partial charge on any atom is 0.261 e. The summed E-state index contributed by atoms with van der Waals surface area (Å²) in [6.07, 6.45) is 2.06. The molecule has 0 unspecified atom stereocenters. The monoisotopic (exact) mass is 255 g/mol. The van der Waals surface area contributed by atoms with Gasteiger partial charge in [-0.05, 0) is 44.4 Å². The minimum atomic E-state index is 0.0431. The van der Waals surface area contributed by atoms with Crippen molar-refractivity contribution in [2.24, 2.45) is 0 Å². The van der Waals surface area contributed by atoms with Gasteiger partial charge in [0.15, 0.2) is 0 Å². The standard InChI is InChI=1S/C16H17NO2/c1-11-10-14(12(2)19-11)16(18)17-9-5-7-13-6-3-4-8-15(13)17/h3-4,6,8,10H,5,7,9H2,1-2H3. The van der Waals surface area contributed by atoms with Crippen LogP contribution in [-0.2, 0) is 6.42 Å². The van der Waals surface area contributed by atoms with Crippen LogP contribution in [0.4, 0.5) is 5.69 Å². The second kappa shape index (κ2) is 4.57. The maximum atomic E-state index is 12.7. The van der Waals surface area contributed by atoms with Crippen molar-refractivity contribution in [3.8, 4) is 0 Å². The number of nitrogens with zero attached hydrogens (tertiary/aromatic N) is 1. The van der Waals surface area contributed by atoms with Crippen molar-refractivity contribution in [1.29, 1.82) is 0 Å². The maximum absolute atomic E-state index is 12.7. The number of aryl methyl sites for hydroxylation is 3. The van der Waals surface area contributed by atoms with Gasteiger partial charge in [0.1, 0.15) is 11.5 Å². The summed E-state index contributed by atoms with van der Waals surface area (Å²) in [4.78, 5) is 14.5. The fourth-order valence-corrected chi connectivity index (χ4v) is 2.73. The summed E-state index contributed by atoms with van der Waals surface area (Å²) in [7, 11) is 0. The van der Waals surface area contributed by atoms with Crippen molar-refractivity contribution in [3.63, 3.8) is 0 Å². The van der Waals surface area contributed by atoms with E-state index in [9.17, 15) is 4.79 Å². The van der Waals surface area contributed by atoms with Crippen LogP contribution in [0.2, 0.25) is 0 Å². The van der Waals surface area contributed by atoms with Crippen LogP contribution in [0.1, 0.15) is 33.9 Å². The van der Waals surface area contributed by atoms with Crippen LogP contribution in [0.5, 0.6) is 0 Å². The summed E-state index contributed by atoms with van der Waals surface area (Å²) in [5.41, 5.74) is 2.96. The molecule has 0 N–H and O–H groups in total. The van der Waals surface area contributed by atoms with Gasteiger partial charge in [0.2, 0.25) is 0 Å². The van der Waals surface area contributed by atoms with Crippen molar-refractivity contribution in [2.75, 3.05) is 11.4 Å². The highest BCUT2D eigenvalue weighted by molar-refractivity contribution is 6.07. The van der Waals surface area contributed by atoms with E-state index in [0.717, 1.165) is 30.8 Å². The zero-order valence-corrected chi connectivity index (χ0v) is 11.3.